The van der Waals surface area contributed by atoms with Gasteiger partial charge in [0.15, 0.2) is 6.23 Å². The quantitative estimate of drug-likeness (QED) is 0.0229. The zero-order valence-corrected chi connectivity index (χ0v) is 68.6. The predicted octanol–water partition coefficient (Wildman–Crippen LogP) is 14.0. The van der Waals surface area contributed by atoms with Crippen molar-refractivity contribution in [1.29, 1.82) is 10.5 Å². The van der Waals surface area contributed by atoms with E-state index >= 15 is 0 Å². The fourth-order valence-corrected chi connectivity index (χ4v) is 16.9. The summed E-state index contributed by atoms with van der Waals surface area (Å²) in [5.74, 6) is -2.67. The van der Waals surface area contributed by atoms with Crippen LogP contribution < -0.4 is 42.0 Å². The van der Waals surface area contributed by atoms with Gasteiger partial charge in [-0.1, -0.05) is 217 Å². The maximum Gasteiger partial charge on any atom is 0.343 e. The van der Waals surface area contributed by atoms with Crippen molar-refractivity contribution in [1.82, 2.24) is 48.5 Å². The van der Waals surface area contributed by atoms with Crippen LogP contribution in [0.2, 0.25) is 20.1 Å². The van der Waals surface area contributed by atoms with Crippen molar-refractivity contribution in [2.24, 2.45) is 0 Å². The van der Waals surface area contributed by atoms with E-state index in [2.05, 4.69) is 58.6 Å². The van der Waals surface area contributed by atoms with Crippen molar-refractivity contribution in [3.63, 3.8) is 0 Å². The van der Waals surface area contributed by atoms with Crippen LogP contribution in [0.3, 0.4) is 0 Å². The number of carbonyl (C=O) groups is 5. The molecule has 10 aromatic carbocycles. The molecule has 20 nitrogen and oxygen atoms in total. The smallest absolute Gasteiger partial charge is 0.343 e. The van der Waals surface area contributed by atoms with Crippen LogP contribution in [0.15, 0.2) is 243 Å². The Morgan fingerprint density at radius 2 is 0.833 bits per heavy atom. The molecule has 3 amide bonds. The molecule has 26 heteroatoms. The summed E-state index contributed by atoms with van der Waals surface area (Å²) in [7, 11) is 0. The van der Waals surface area contributed by atoms with Crippen molar-refractivity contribution in [2.45, 2.75) is 46.8 Å². The Bertz CT molecular complexity index is 6430. The molecule has 2 aliphatic heterocycles. The van der Waals surface area contributed by atoms with E-state index in [1.165, 1.54) is 58.6 Å². The summed E-state index contributed by atoms with van der Waals surface area (Å²) in [4.78, 5) is 98.5. The molecule has 0 radical (unpaired) electrons. The number of rotatable bonds is 26. The Kier molecular flexibility index (Phi) is 23.6. The topological polar surface area (TPSA) is 246 Å². The summed E-state index contributed by atoms with van der Waals surface area (Å²) < 4.78 is 16.7. The fraction of sp³-hybridized carbons (Fsp3) is 0.160. The van der Waals surface area contributed by atoms with E-state index < -0.39 is 43.7 Å². The number of aromatic nitrogens is 6. The Morgan fingerprint density at radius 3 is 1.23 bits per heavy atom. The van der Waals surface area contributed by atoms with Crippen LogP contribution in [0.25, 0.3) is 66.5 Å². The second kappa shape index (κ2) is 35.0. The number of halogens is 4. The van der Waals surface area contributed by atoms with Gasteiger partial charge in [-0.05, 0) is 172 Å². The molecule has 14 aromatic rings. The number of nitrogens with zero attached hydrogens (tertiary/aromatic N) is 12. The maximum absolute atomic E-state index is 14.7. The number of benzene rings is 10. The molecular formula is C94H74B2Cl4N12O8. The lowest BCUT2D eigenvalue weighted by atomic mass is 9.50. The lowest BCUT2D eigenvalue weighted by molar-refractivity contribution is 0.0161. The molecular weight excluding hydrogens is 1590 g/mol. The van der Waals surface area contributed by atoms with Crippen molar-refractivity contribution in [3.8, 4) is 46.2 Å². The second-order valence-corrected chi connectivity index (χ2v) is 30.7. The number of fused-ring (bicyclic) bond motifs is 5. The first-order valence-corrected chi connectivity index (χ1v) is 41.0. The third kappa shape index (κ3) is 15.5. The molecule has 120 heavy (non-hydrogen) atoms. The van der Waals surface area contributed by atoms with Crippen LogP contribution in [0.4, 0.5) is 0 Å². The first-order valence-electron chi connectivity index (χ1n) is 39.4. The summed E-state index contributed by atoms with van der Waals surface area (Å²) in [6.07, 6.45) is 2.92. The minimum atomic E-state index is -1.30. The van der Waals surface area contributed by atoms with Crippen molar-refractivity contribution in [3.05, 3.63) is 318 Å². The number of hydrogen-bond donors (Lipinski definition) is 1. The van der Waals surface area contributed by atoms with Gasteiger partial charge in [0, 0.05) is 46.4 Å². The van der Waals surface area contributed by atoms with Crippen LogP contribution in [0.5, 0.6) is 11.5 Å². The van der Waals surface area contributed by atoms with Gasteiger partial charge in [0.1, 0.15) is 46.2 Å². The number of esters is 2. The number of imide groups is 1. The van der Waals surface area contributed by atoms with Gasteiger partial charge in [-0.3, -0.25) is 29.3 Å². The summed E-state index contributed by atoms with van der Waals surface area (Å²) in [5, 5.41) is 39.3. The monoisotopic (exact) mass is 1660 g/mol. The Hall–Kier alpha value is -12.9. The molecule has 1 N–H and O–H groups in total. The Labute approximate surface area is 712 Å². The SMILES string of the molecule is CCN(CC)CCCN1C(=O)c2ccc(C(=O)Oc3ccc(-c4c5/c(=C(\C#N)c6cnc7cc(Cl)c(Cl)cc7n6)n(B(c6ccccc6)c6ccccc6)c(-c6ccc(OC(=O)c7ccc8c(c7)C(O)N(CCCN(CC)CC)C8=O)cc6)c5/c(=C(\C#N)c5cnc6cc(Cl)c(Cl)cc6n5)n4B(c4ccccc4)c4ccccc4)cc3)cc2C1=O. The minimum Gasteiger partial charge on any atom is -0.423 e. The molecule has 16 rings (SSSR count). The number of carbonyl (C=O) groups excluding carboxylic acids is 5. The van der Waals surface area contributed by atoms with Gasteiger partial charge in [-0.25, -0.2) is 19.6 Å². The molecule has 0 saturated heterocycles. The van der Waals surface area contributed by atoms with E-state index in [0.29, 0.717) is 81.3 Å². The number of amides is 3. The van der Waals surface area contributed by atoms with E-state index in [1.54, 1.807) is 72.8 Å². The zero-order valence-electron chi connectivity index (χ0n) is 65.6. The number of ether oxygens (including phenoxy) is 2. The number of aliphatic hydroxyl groups excluding tert-OH is 1. The Morgan fingerprint density at radius 1 is 0.458 bits per heavy atom. The van der Waals surface area contributed by atoms with Gasteiger partial charge in [0.05, 0.1) is 87.5 Å². The van der Waals surface area contributed by atoms with Gasteiger partial charge in [0.2, 0.25) is 0 Å². The molecule has 0 spiro atoms. The third-order valence-electron chi connectivity index (χ3n) is 22.3. The van der Waals surface area contributed by atoms with Crippen LogP contribution in [0.1, 0.15) is 116 Å². The van der Waals surface area contributed by atoms with Crippen LogP contribution in [-0.4, -0.2) is 149 Å². The highest BCUT2D eigenvalue weighted by Crippen LogP contribution is 2.40. The van der Waals surface area contributed by atoms with E-state index in [9.17, 15) is 39.6 Å². The first-order chi connectivity index (χ1) is 58.4. The molecule has 0 fully saturated rings. The lowest BCUT2D eigenvalue weighted by Gasteiger charge is -2.24. The molecule has 0 saturated carbocycles. The minimum absolute atomic E-state index is 0.00247. The van der Waals surface area contributed by atoms with Crippen LogP contribution >= 0.6 is 46.4 Å². The van der Waals surface area contributed by atoms with Crippen molar-refractivity contribution in [2.75, 3.05) is 52.4 Å². The molecule has 2 aliphatic rings. The van der Waals surface area contributed by atoms with Crippen molar-refractivity contribution < 1.29 is 38.6 Å². The molecule has 1 atom stereocenters. The molecule has 592 valence electrons. The zero-order chi connectivity index (χ0) is 83.6. The van der Waals surface area contributed by atoms with E-state index in [-0.39, 0.29) is 111 Å². The summed E-state index contributed by atoms with van der Waals surface area (Å²) in [6.45, 7) is 11.8. The molecule has 0 bridgehead atoms. The van der Waals surface area contributed by atoms with Gasteiger partial charge >= 0.3 is 25.6 Å². The third-order valence-corrected chi connectivity index (χ3v) is 23.7. The Balaban J connectivity index is 0.987. The lowest BCUT2D eigenvalue weighted by Crippen LogP contribution is -2.54. The van der Waals surface area contributed by atoms with Gasteiger partial charge < -0.3 is 38.2 Å². The average molecular weight is 1660 g/mol. The average Bonchev–Trinajstić information content (AvgIpc) is 1.52. The standard InChI is InChI=1S/C94H74B2Cl4N12O8/c1-5-107(6-2)43-21-45-109-89(113)67-41-35-59(47-69(67)91(109)115)93(117)119-65-37-31-57(32-38-65)85-83-84(88(72(54-102)82-56-104-78-50-74(98)76(100)52-80(78)106-82)111(85)95(61-23-13-9-14-24-61)62-25-15-10-16-26-62)86(58-33-39-66(40-34-58)120-94(118)60-36-42-68-70(48-60)92(116)110(90(68)114)46-22-44-108(7-3)8-4)112(96(63-27-17-11-18-28-63)64-29-19-12-20-30-64)87(83)71(53-101)81-55-103-77-49-73(97)75(99)51-79(77)105-81/h9-20,23-42,47-52,55-56,91,115H,5-8,21-22,43-46H2,1-4H3/b87-71-,88-72-. The molecule has 4 aromatic heterocycles. The van der Waals surface area contributed by atoms with Crippen molar-refractivity contribution >= 4 is 156 Å². The van der Waals surface area contributed by atoms with Gasteiger partial charge in [-0.2, -0.15) is 10.5 Å². The fourth-order valence-electron chi connectivity index (χ4n) is 16.3. The first kappa shape index (κ1) is 80.9. The van der Waals surface area contributed by atoms with E-state index in [0.717, 1.165) is 54.6 Å². The van der Waals surface area contributed by atoms with Crippen LogP contribution in [0, 0.1) is 22.7 Å². The summed E-state index contributed by atoms with van der Waals surface area (Å²) in [5.41, 5.74) is 7.30. The largest absolute Gasteiger partial charge is 0.423 e. The summed E-state index contributed by atoms with van der Waals surface area (Å²) in [6, 6.07) is 73.3. The van der Waals surface area contributed by atoms with E-state index in [1.807, 2.05) is 121 Å². The normalized spacial score (nSPS) is 13.6. The highest BCUT2D eigenvalue weighted by Gasteiger charge is 2.41. The summed E-state index contributed by atoms with van der Waals surface area (Å²) >= 11 is 27.0. The molecule has 1 unspecified atom stereocenters. The van der Waals surface area contributed by atoms with Crippen LogP contribution in [-0.2, 0) is 0 Å². The second-order valence-electron chi connectivity index (χ2n) is 29.1. The highest BCUT2D eigenvalue weighted by molar-refractivity contribution is 6.85. The number of aliphatic hydroxyl groups is 1. The van der Waals surface area contributed by atoms with Gasteiger partial charge in [0.25, 0.3) is 17.7 Å². The maximum atomic E-state index is 14.7. The predicted molar refractivity (Wildman–Crippen MR) is 471 cm³/mol. The van der Waals surface area contributed by atoms with Gasteiger partial charge in [-0.15, -0.1) is 0 Å². The molecule has 0 aliphatic carbocycles. The van der Waals surface area contributed by atoms with E-state index in [4.69, 9.17) is 75.8 Å². The number of nitriles is 2. The molecule has 6 heterocycles. The number of hydrogen-bond acceptors (Lipinski definition) is 16. The highest BCUT2D eigenvalue weighted by atomic mass is 35.5.